The number of likely N-dealkylation sites (tertiary alicyclic amines) is 1. The molecule has 2 heterocycles. The monoisotopic (exact) mass is 314 g/mol. The molecule has 4 rings (SSSR count). The fourth-order valence-electron chi connectivity index (χ4n) is 4.38. The van der Waals surface area contributed by atoms with Crippen molar-refractivity contribution in [2.45, 2.75) is 51.2 Å². The van der Waals surface area contributed by atoms with E-state index >= 15 is 0 Å². The van der Waals surface area contributed by atoms with Crippen LogP contribution in [0.3, 0.4) is 0 Å². The van der Waals surface area contributed by atoms with Crippen molar-refractivity contribution in [2.24, 2.45) is 5.92 Å². The first-order valence-corrected chi connectivity index (χ1v) is 8.56. The molecule has 0 unspecified atom stereocenters. The molecule has 0 radical (unpaired) electrons. The summed E-state index contributed by atoms with van der Waals surface area (Å²) < 4.78 is 2.00. The van der Waals surface area contributed by atoms with Crippen molar-refractivity contribution in [2.75, 3.05) is 6.54 Å². The Bertz CT molecular complexity index is 724. The van der Waals surface area contributed by atoms with Gasteiger partial charge in [-0.15, -0.1) is 0 Å². The van der Waals surface area contributed by atoms with E-state index in [4.69, 9.17) is 0 Å². The largest absolute Gasteiger partial charge is 0.281 e. The Labute approximate surface area is 135 Å². The molecule has 6 nitrogen and oxygen atoms in total. The summed E-state index contributed by atoms with van der Waals surface area (Å²) in [4.78, 5) is 13.1. The summed E-state index contributed by atoms with van der Waals surface area (Å²) >= 11 is 0. The quantitative estimate of drug-likeness (QED) is 0.642. The predicted octanol–water partition coefficient (Wildman–Crippen LogP) is 3.56. The molecule has 1 aromatic heterocycles. The van der Waals surface area contributed by atoms with Crippen LogP contribution in [0.5, 0.6) is 0 Å². The van der Waals surface area contributed by atoms with Gasteiger partial charge in [0.2, 0.25) is 0 Å². The maximum atomic E-state index is 10.9. The van der Waals surface area contributed by atoms with Gasteiger partial charge in [0.05, 0.1) is 23.3 Å². The van der Waals surface area contributed by atoms with Crippen LogP contribution in [-0.4, -0.2) is 32.2 Å². The van der Waals surface area contributed by atoms with Crippen LogP contribution in [-0.2, 0) is 6.67 Å². The summed E-state index contributed by atoms with van der Waals surface area (Å²) in [7, 11) is 0. The first-order chi connectivity index (χ1) is 11.2. The van der Waals surface area contributed by atoms with Gasteiger partial charge in [-0.2, -0.15) is 5.10 Å². The third kappa shape index (κ3) is 2.72. The van der Waals surface area contributed by atoms with Gasteiger partial charge in [0.15, 0.2) is 0 Å². The number of piperidine rings is 1. The minimum absolute atomic E-state index is 0.127. The second-order valence-electron chi connectivity index (χ2n) is 6.85. The molecule has 2 fully saturated rings. The molecule has 2 atom stereocenters. The fourth-order valence-corrected chi connectivity index (χ4v) is 4.38. The van der Waals surface area contributed by atoms with Crippen molar-refractivity contribution in [3.63, 3.8) is 0 Å². The minimum atomic E-state index is -0.353. The highest BCUT2D eigenvalue weighted by atomic mass is 16.6. The van der Waals surface area contributed by atoms with Crippen LogP contribution in [0.1, 0.15) is 38.5 Å². The Morgan fingerprint density at radius 3 is 2.91 bits per heavy atom. The zero-order chi connectivity index (χ0) is 15.8. The Kier molecular flexibility index (Phi) is 3.77. The van der Waals surface area contributed by atoms with Gasteiger partial charge in [0.25, 0.3) is 5.69 Å². The molecule has 1 saturated heterocycles. The molecular formula is C17H22N4O2. The van der Waals surface area contributed by atoms with E-state index in [2.05, 4.69) is 10.00 Å². The summed E-state index contributed by atoms with van der Waals surface area (Å²) in [5.41, 5.74) is 1.11. The number of nitrogens with zero attached hydrogens (tertiary/aromatic N) is 4. The average Bonchev–Trinajstić information content (AvgIpc) is 2.97. The van der Waals surface area contributed by atoms with E-state index in [1.807, 2.05) is 10.7 Å². The first-order valence-electron chi connectivity index (χ1n) is 8.56. The zero-order valence-corrected chi connectivity index (χ0v) is 13.2. The lowest BCUT2D eigenvalue weighted by Gasteiger charge is -2.44. The predicted molar refractivity (Wildman–Crippen MR) is 88.1 cm³/mol. The molecule has 0 spiro atoms. The van der Waals surface area contributed by atoms with Crippen molar-refractivity contribution in [1.82, 2.24) is 14.7 Å². The lowest BCUT2D eigenvalue weighted by atomic mass is 9.78. The molecule has 0 amide bonds. The number of nitro groups is 1. The van der Waals surface area contributed by atoms with E-state index in [9.17, 15) is 10.1 Å². The van der Waals surface area contributed by atoms with Gasteiger partial charge in [-0.25, -0.2) is 0 Å². The van der Waals surface area contributed by atoms with Gasteiger partial charge in [-0.3, -0.25) is 19.7 Å². The maximum absolute atomic E-state index is 10.9. The van der Waals surface area contributed by atoms with Gasteiger partial charge >= 0.3 is 0 Å². The number of hydrogen-bond donors (Lipinski definition) is 0. The number of nitro benzene ring substituents is 1. The molecule has 23 heavy (non-hydrogen) atoms. The van der Waals surface area contributed by atoms with Gasteiger partial charge in [-0.1, -0.05) is 12.8 Å². The molecule has 1 aliphatic heterocycles. The summed E-state index contributed by atoms with van der Waals surface area (Å²) in [6, 6.07) is 5.69. The Morgan fingerprint density at radius 2 is 2.04 bits per heavy atom. The van der Waals surface area contributed by atoms with Crippen molar-refractivity contribution in [1.29, 1.82) is 0 Å². The number of benzene rings is 1. The van der Waals surface area contributed by atoms with E-state index in [1.165, 1.54) is 38.5 Å². The van der Waals surface area contributed by atoms with Crippen LogP contribution < -0.4 is 0 Å². The van der Waals surface area contributed by atoms with Crippen molar-refractivity contribution >= 4 is 16.6 Å². The Hall–Kier alpha value is -1.95. The molecule has 2 aromatic rings. The summed E-state index contributed by atoms with van der Waals surface area (Å²) in [5, 5.41) is 16.2. The summed E-state index contributed by atoms with van der Waals surface area (Å²) in [6.07, 6.45) is 9.76. The highest BCUT2D eigenvalue weighted by Crippen LogP contribution is 2.35. The summed E-state index contributed by atoms with van der Waals surface area (Å²) in [6.45, 7) is 1.93. The van der Waals surface area contributed by atoms with Crippen LogP contribution in [0.25, 0.3) is 10.9 Å². The smallest absolute Gasteiger partial charge is 0.270 e. The van der Waals surface area contributed by atoms with Gasteiger partial charge in [0, 0.05) is 30.1 Å². The number of aromatic nitrogens is 2. The normalized spacial score (nSPS) is 25.4. The van der Waals surface area contributed by atoms with E-state index in [0.717, 1.165) is 30.0 Å². The van der Waals surface area contributed by atoms with Crippen molar-refractivity contribution in [3.05, 3.63) is 34.5 Å². The molecule has 1 aliphatic carbocycles. The van der Waals surface area contributed by atoms with Crippen LogP contribution >= 0.6 is 0 Å². The van der Waals surface area contributed by atoms with Crippen LogP contribution in [0.4, 0.5) is 5.69 Å². The lowest BCUT2D eigenvalue weighted by Crippen LogP contribution is -2.47. The Balaban J connectivity index is 1.58. The molecule has 6 heteroatoms. The molecule has 0 N–H and O–H groups in total. The fraction of sp³-hybridized carbons (Fsp3) is 0.588. The van der Waals surface area contributed by atoms with E-state index < -0.39 is 0 Å². The third-order valence-corrected chi connectivity index (χ3v) is 5.51. The second-order valence-corrected chi connectivity index (χ2v) is 6.85. The average molecular weight is 314 g/mol. The maximum Gasteiger partial charge on any atom is 0.270 e. The molecule has 122 valence electrons. The summed E-state index contributed by atoms with van der Waals surface area (Å²) in [5.74, 6) is 0.848. The molecule has 1 saturated carbocycles. The topological polar surface area (TPSA) is 64.2 Å². The van der Waals surface area contributed by atoms with Crippen molar-refractivity contribution < 1.29 is 4.92 Å². The number of fused-ring (bicyclic) bond motifs is 2. The van der Waals surface area contributed by atoms with Gasteiger partial charge in [-0.05, 0) is 37.7 Å². The zero-order valence-electron chi connectivity index (χ0n) is 13.2. The van der Waals surface area contributed by atoms with E-state index in [0.29, 0.717) is 6.04 Å². The molecular weight excluding hydrogens is 292 g/mol. The molecule has 0 bridgehead atoms. The molecule has 1 aromatic carbocycles. The van der Waals surface area contributed by atoms with E-state index in [-0.39, 0.29) is 10.6 Å². The lowest BCUT2D eigenvalue weighted by molar-refractivity contribution is -0.384. The van der Waals surface area contributed by atoms with Crippen LogP contribution in [0.2, 0.25) is 0 Å². The van der Waals surface area contributed by atoms with Crippen molar-refractivity contribution in [3.8, 4) is 0 Å². The molecule has 2 aliphatic rings. The number of hydrogen-bond acceptors (Lipinski definition) is 4. The second kappa shape index (κ2) is 5.92. The van der Waals surface area contributed by atoms with Crippen LogP contribution in [0.15, 0.2) is 24.4 Å². The van der Waals surface area contributed by atoms with Gasteiger partial charge in [0.1, 0.15) is 0 Å². The standard InChI is InChI=1S/C17H22N4O2/c22-21(23)15-7-8-17-14(10-15)11-18-20(17)12-19-9-3-5-13-4-1-2-6-16(13)19/h7-8,10-11,13,16H,1-6,9,12H2/t13-,16-/m1/s1. The highest BCUT2D eigenvalue weighted by molar-refractivity contribution is 5.81. The van der Waals surface area contributed by atoms with E-state index in [1.54, 1.807) is 18.3 Å². The number of non-ortho nitro benzene ring substituents is 1. The Morgan fingerprint density at radius 1 is 1.22 bits per heavy atom. The van der Waals surface area contributed by atoms with Gasteiger partial charge < -0.3 is 0 Å². The van der Waals surface area contributed by atoms with Crippen LogP contribution in [0, 0.1) is 16.0 Å². The first kappa shape index (κ1) is 14.6. The minimum Gasteiger partial charge on any atom is -0.281 e. The highest BCUT2D eigenvalue weighted by Gasteiger charge is 2.33. The third-order valence-electron chi connectivity index (χ3n) is 5.51. The number of rotatable bonds is 3. The SMILES string of the molecule is O=[N+]([O-])c1ccc2c(cnn2CN2CCC[C@H]3CCCC[C@H]32)c1.